The molecule has 1 aliphatic carbocycles. The molecule has 0 N–H and O–H groups in total. The molecule has 2 heteroatoms. The number of aryl methyl sites for hydroxylation is 1. The van der Waals surface area contributed by atoms with Gasteiger partial charge in [-0.1, -0.05) is 79.4 Å². The first kappa shape index (κ1) is 18.8. The van der Waals surface area contributed by atoms with Crippen molar-refractivity contribution in [1.29, 1.82) is 0 Å². The number of hydrogen-bond donors (Lipinski definition) is 0. The van der Waals surface area contributed by atoms with Crippen molar-refractivity contribution in [2.24, 2.45) is 11.8 Å². The highest BCUT2D eigenvalue weighted by molar-refractivity contribution is 5.84. The van der Waals surface area contributed by atoms with Crippen LogP contribution in [0.2, 0.25) is 0 Å². The summed E-state index contributed by atoms with van der Waals surface area (Å²) in [6, 6.07) is 18.8. The summed E-state index contributed by atoms with van der Waals surface area (Å²) in [6.45, 7) is 2.10. The maximum Gasteiger partial charge on any atom is 0.142 e. The summed E-state index contributed by atoms with van der Waals surface area (Å²) in [5.74, 6) is 0.448. The Bertz CT molecular complexity index is 690. The Hall–Kier alpha value is -1.93. The number of hydrogen-bond acceptors (Lipinski definition) is 2. The van der Waals surface area contributed by atoms with Crippen molar-refractivity contribution in [2.45, 2.75) is 51.6 Å². The van der Waals surface area contributed by atoms with Gasteiger partial charge in [-0.15, -0.1) is 0 Å². The average molecular weight is 351 g/mol. The standard InChI is InChI=1S/C24H30O2/c1-18-13-15-19(16-14-18)17-21-11-7-4-8-12-22(23(21)25)24(26-2)20-9-5-3-6-10-20/h3,5-6,9-10,13-16,21-22,24H,4,7-8,11-12,17H2,1-2H3. The van der Waals surface area contributed by atoms with Gasteiger partial charge in [0.2, 0.25) is 0 Å². The fraction of sp³-hybridized carbons (Fsp3) is 0.458. The Labute approximate surface area is 157 Å². The molecule has 3 atom stereocenters. The lowest BCUT2D eigenvalue weighted by Crippen LogP contribution is -2.32. The van der Waals surface area contributed by atoms with Crippen molar-refractivity contribution in [3.8, 4) is 0 Å². The number of methoxy groups -OCH3 is 1. The maximum atomic E-state index is 13.5. The fourth-order valence-electron chi connectivity index (χ4n) is 4.21. The lowest BCUT2D eigenvalue weighted by molar-refractivity contribution is -0.132. The number of rotatable bonds is 5. The van der Waals surface area contributed by atoms with Crippen LogP contribution in [-0.4, -0.2) is 12.9 Å². The van der Waals surface area contributed by atoms with E-state index < -0.39 is 0 Å². The van der Waals surface area contributed by atoms with Gasteiger partial charge in [-0.05, 0) is 37.3 Å². The van der Waals surface area contributed by atoms with Gasteiger partial charge in [-0.2, -0.15) is 0 Å². The summed E-state index contributed by atoms with van der Waals surface area (Å²) in [4.78, 5) is 13.5. The Kier molecular flexibility index (Phi) is 6.62. The minimum atomic E-state index is -0.137. The molecule has 0 bridgehead atoms. The van der Waals surface area contributed by atoms with Gasteiger partial charge in [-0.3, -0.25) is 4.79 Å². The summed E-state index contributed by atoms with van der Waals surface area (Å²) in [5.41, 5.74) is 3.64. The van der Waals surface area contributed by atoms with Gasteiger partial charge in [0.25, 0.3) is 0 Å². The molecule has 0 aliphatic heterocycles. The lowest BCUT2D eigenvalue weighted by Gasteiger charge is -2.31. The average Bonchev–Trinajstić information content (AvgIpc) is 2.66. The zero-order valence-corrected chi connectivity index (χ0v) is 16.0. The van der Waals surface area contributed by atoms with Crippen LogP contribution in [0.25, 0.3) is 0 Å². The number of ether oxygens (including phenoxy) is 1. The molecule has 0 heterocycles. The van der Waals surface area contributed by atoms with Gasteiger partial charge < -0.3 is 4.74 Å². The van der Waals surface area contributed by atoms with Crippen LogP contribution in [0.3, 0.4) is 0 Å². The first-order chi connectivity index (χ1) is 12.7. The van der Waals surface area contributed by atoms with Crippen molar-refractivity contribution < 1.29 is 9.53 Å². The summed E-state index contributed by atoms with van der Waals surface area (Å²) in [7, 11) is 1.73. The summed E-state index contributed by atoms with van der Waals surface area (Å²) in [5, 5.41) is 0. The molecule has 1 fully saturated rings. The molecule has 0 radical (unpaired) electrons. The Balaban J connectivity index is 1.81. The van der Waals surface area contributed by atoms with Gasteiger partial charge >= 0.3 is 0 Å². The van der Waals surface area contributed by atoms with Crippen LogP contribution < -0.4 is 0 Å². The third-order valence-electron chi connectivity index (χ3n) is 5.69. The molecule has 0 aromatic heterocycles. The second-order valence-electron chi connectivity index (χ2n) is 7.60. The van der Waals surface area contributed by atoms with Crippen molar-refractivity contribution >= 4 is 5.78 Å². The van der Waals surface area contributed by atoms with E-state index in [0.29, 0.717) is 5.78 Å². The van der Waals surface area contributed by atoms with Crippen LogP contribution in [-0.2, 0) is 16.0 Å². The van der Waals surface area contributed by atoms with Gasteiger partial charge in [0.05, 0.1) is 6.10 Å². The Morgan fingerprint density at radius 1 is 0.962 bits per heavy atom. The normalized spacial score (nSPS) is 22.5. The zero-order chi connectivity index (χ0) is 18.4. The van der Waals surface area contributed by atoms with Crippen LogP contribution in [0, 0.1) is 18.8 Å². The van der Waals surface area contributed by atoms with Crippen LogP contribution >= 0.6 is 0 Å². The number of benzene rings is 2. The van der Waals surface area contributed by atoms with E-state index >= 15 is 0 Å². The molecule has 2 aromatic carbocycles. The molecule has 1 aliphatic rings. The predicted molar refractivity (Wildman–Crippen MR) is 106 cm³/mol. The molecule has 2 aromatic rings. The zero-order valence-electron chi connectivity index (χ0n) is 16.0. The topological polar surface area (TPSA) is 26.3 Å². The van der Waals surface area contributed by atoms with E-state index in [1.807, 2.05) is 18.2 Å². The molecular formula is C24H30O2. The quantitative estimate of drug-likeness (QED) is 0.692. The van der Waals surface area contributed by atoms with E-state index in [0.717, 1.165) is 37.7 Å². The van der Waals surface area contributed by atoms with Crippen molar-refractivity contribution in [3.05, 3.63) is 71.3 Å². The van der Waals surface area contributed by atoms with Crippen LogP contribution in [0.15, 0.2) is 54.6 Å². The third-order valence-corrected chi connectivity index (χ3v) is 5.69. The summed E-state index contributed by atoms with van der Waals surface area (Å²) >= 11 is 0. The smallest absolute Gasteiger partial charge is 0.142 e. The van der Waals surface area contributed by atoms with Crippen LogP contribution in [0.5, 0.6) is 0 Å². The van der Waals surface area contributed by atoms with E-state index in [1.165, 1.54) is 17.5 Å². The third kappa shape index (κ3) is 4.62. The molecule has 138 valence electrons. The number of ketones is 1. The van der Waals surface area contributed by atoms with Gasteiger partial charge in [0, 0.05) is 18.9 Å². The Morgan fingerprint density at radius 2 is 1.65 bits per heavy atom. The highest BCUT2D eigenvalue weighted by Crippen LogP contribution is 2.36. The lowest BCUT2D eigenvalue weighted by atomic mass is 9.76. The highest BCUT2D eigenvalue weighted by Gasteiger charge is 2.34. The van der Waals surface area contributed by atoms with E-state index in [4.69, 9.17) is 4.74 Å². The molecule has 0 amide bonds. The fourth-order valence-corrected chi connectivity index (χ4v) is 4.21. The van der Waals surface area contributed by atoms with Crippen molar-refractivity contribution in [2.75, 3.05) is 7.11 Å². The number of Topliss-reactive ketones (excluding diaryl/α,β-unsaturated/α-hetero) is 1. The molecule has 3 unspecified atom stereocenters. The highest BCUT2D eigenvalue weighted by atomic mass is 16.5. The largest absolute Gasteiger partial charge is 0.376 e. The summed E-state index contributed by atoms with van der Waals surface area (Å²) < 4.78 is 5.84. The van der Waals surface area contributed by atoms with Crippen LogP contribution in [0.1, 0.15) is 54.9 Å². The van der Waals surface area contributed by atoms with E-state index in [1.54, 1.807) is 7.11 Å². The maximum absolute atomic E-state index is 13.5. The molecule has 3 rings (SSSR count). The van der Waals surface area contributed by atoms with E-state index in [2.05, 4.69) is 43.3 Å². The predicted octanol–water partition coefficient (Wildman–Crippen LogP) is 5.69. The second-order valence-corrected chi connectivity index (χ2v) is 7.60. The van der Waals surface area contributed by atoms with E-state index in [9.17, 15) is 4.79 Å². The molecule has 2 nitrogen and oxygen atoms in total. The molecule has 0 spiro atoms. The number of carbonyl (C=O) groups excluding carboxylic acids is 1. The summed E-state index contributed by atoms with van der Waals surface area (Å²) in [6.07, 6.45) is 6.10. The molecule has 1 saturated carbocycles. The van der Waals surface area contributed by atoms with Gasteiger partial charge in [0.15, 0.2) is 0 Å². The molecule has 26 heavy (non-hydrogen) atoms. The second kappa shape index (κ2) is 9.14. The van der Waals surface area contributed by atoms with Gasteiger partial charge in [0.1, 0.15) is 5.78 Å². The minimum Gasteiger partial charge on any atom is -0.376 e. The van der Waals surface area contributed by atoms with Gasteiger partial charge in [-0.25, -0.2) is 0 Å². The van der Waals surface area contributed by atoms with Crippen LogP contribution in [0.4, 0.5) is 0 Å². The van der Waals surface area contributed by atoms with Crippen molar-refractivity contribution in [3.63, 3.8) is 0 Å². The molecular weight excluding hydrogens is 320 g/mol. The Morgan fingerprint density at radius 3 is 2.35 bits per heavy atom. The number of carbonyl (C=O) groups is 1. The minimum absolute atomic E-state index is 0.0434. The van der Waals surface area contributed by atoms with E-state index in [-0.39, 0.29) is 17.9 Å². The molecule has 0 saturated heterocycles. The monoisotopic (exact) mass is 350 g/mol. The first-order valence-corrected chi connectivity index (χ1v) is 9.86. The first-order valence-electron chi connectivity index (χ1n) is 9.86. The van der Waals surface area contributed by atoms with Crippen molar-refractivity contribution in [1.82, 2.24) is 0 Å². The SMILES string of the molecule is COC(c1ccccc1)C1CCCCCC(Cc2ccc(C)cc2)C1=O.